The maximum atomic E-state index is 11.2. The third kappa shape index (κ3) is 4.73. The number of rotatable bonds is 4. The predicted molar refractivity (Wildman–Crippen MR) is 53.1 cm³/mol. The van der Waals surface area contributed by atoms with Crippen LogP contribution in [0, 0.1) is 6.92 Å². The smallest absolute Gasteiger partial charge is 0.329 e. The van der Waals surface area contributed by atoms with Crippen LogP contribution in [0.4, 0.5) is 10.8 Å². The highest BCUT2D eigenvalue weighted by molar-refractivity contribution is 6.00. The molecule has 0 atom stereocenters. The Morgan fingerprint density at radius 3 is 2.59 bits per heavy atom. The second kappa shape index (κ2) is 5.58. The van der Waals surface area contributed by atoms with Crippen molar-refractivity contribution in [1.29, 1.82) is 0 Å². The van der Waals surface area contributed by atoms with Crippen LogP contribution in [0.25, 0.3) is 0 Å². The first-order chi connectivity index (χ1) is 7.97. The van der Waals surface area contributed by atoms with E-state index in [-0.39, 0.29) is 18.9 Å². The van der Waals surface area contributed by atoms with Crippen molar-refractivity contribution in [3.05, 3.63) is 5.82 Å². The molecule has 17 heavy (non-hydrogen) atoms. The van der Waals surface area contributed by atoms with Gasteiger partial charge in [0.25, 0.3) is 0 Å². The quantitative estimate of drug-likeness (QED) is 0.670. The molecule has 0 aliphatic heterocycles. The van der Waals surface area contributed by atoms with Crippen LogP contribution in [0.1, 0.15) is 18.7 Å². The zero-order chi connectivity index (χ0) is 12.8. The second-order valence-electron chi connectivity index (χ2n) is 3.04. The van der Waals surface area contributed by atoms with E-state index in [9.17, 15) is 14.4 Å². The fourth-order valence-corrected chi connectivity index (χ4v) is 0.886. The lowest BCUT2D eigenvalue weighted by Gasteiger charge is -2.01. The first-order valence-electron chi connectivity index (χ1n) is 4.60. The number of carbonyl (C=O) groups is 3. The molecule has 92 valence electrons. The molecule has 1 aromatic rings. The van der Waals surface area contributed by atoms with Gasteiger partial charge in [0.05, 0.1) is 6.42 Å². The number of anilines is 1. The molecule has 0 bridgehead atoms. The average Bonchev–Trinajstić information content (AvgIpc) is 2.60. The summed E-state index contributed by atoms with van der Waals surface area (Å²) < 4.78 is 4.58. The Kier molecular flexibility index (Phi) is 4.14. The number of amides is 3. The SMILES string of the molecule is Cc1noc(NC(=O)NC(=O)CCC(=O)O)n1. The van der Waals surface area contributed by atoms with Crippen LogP contribution < -0.4 is 10.6 Å². The van der Waals surface area contributed by atoms with E-state index >= 15 is 0 Å². The lowest BCUT2D eigenvalue weighted by molar-refractivity contribution is -0.138. The third-order valence-electron chi connectivity index (χ3n) is 1.57. The van der Waals surface area contributed by atoms with Gasteiger partial charge in [-0.05, 0) is 6.92 Å². The van der Waals surface area contributed by atoms with Gasteiger partial charge < -0.3 is 9.63 Å². The molecule has 0 radical (unpaired) electrons. The van der Waals surface area contributed by atoms with Crippen molar-refractivity contribution in [3.8, 4) is 0 Å². The van der Waals surface area contributed by atoms with Gasteiger partial charge in [0.1, 0.15) is 0 Å². The lowest BCUT2D eigenvalue weighted by atomic mass is 10.3. The molecule has 0 saturated heterocycles. The number of hydrogen-bond donors (Lipinski definition) is 3. The maximum Gasteiger partial charge on any atom is 0.329 e. The Morgan fingerprint density at radius 2 is 2.06 bits per heavy atom. The largest absolute Gasteiger partial charge is 0.481 e. The van der Waals surface area contributed by atoms with Crippen LogP contribution >= 0.6 is 0 Å². The number of aliphatic carboxylic acids is 1. The van der Waals surface area contributed by atoms with Crippen molar-refractivity contribution in [2.45, 2.75) is 19.8 Å². The highest BCUT2D eigenvalue weighted by atomic mass is 16.5. The first-order valence-corrected chi connectivity index (χ1v) is 4.60. The molecular weight excluding hydrogens is 232 g/mol. The molecule has 3 amide bonds. The molecule has 0 spiro atoms. The molecule has 0 aromatic carbocycles. The minimum atomic E-state index is -1.12. The highest BCUT2D eigenvalue weighted by Gasteiger charge is 2.12. The number of carbonyl (C=O) groups excluding carboxylic acids is 2. The van der Waals surface area contributed by atoms with Crippen molar-refractivity contribution in [2.24, 2.45) is 0 Å². The van der Waals surface area contributed by atoms with Crippen molar-refractivity contribution < 1.29 is 24.0 Å². The Bertz CT molecular complexity index is 441. The van der Waals surface area contributed by atoms with Crippen molar-refractivity contribution >= 4 is 23.9 Å². The fraction of sp³-hybridized carbons (Fsp3) is 0.375. The van der Waals surface area contributed by atoms with Gasteiger partial charge in [-0.1, -0.05) is 5.16 Å². The number of nitrogens with one attached hydrogen (secondary N) is 2. The molecule has 1 heterocycles. The van der Waals surface area contributed by atoms with E-state index in [2.05, 4.69) is 20.0 Å². The van der Waals surface area contributed by atoms with Gasteiger partial charge in [-0.2, -0.15) is 4.98 Å². The Morgan fingerprint density at radius 1 is 1.35 bits per heavy atom. The summed E-state index contributed by atoms with van der Waals surface area (Å²) in [6, 6.07) is -1.00. The van der Waals surface area contributed by atoms with Crippen molar-refractivity contribution in [1.82, 2.24) is 15.5 Å². The molecule has 9 nitrogen and oxygen atoms in total. The van der Waals surface area contributed by atoms with Crippen LogP contribution in [-0.4, -0.2) is 33.2 Å². The van der Waals surface area contributed by atoms with Gasteiger partial charge in [0.2, 0.25) is 5.91 Å². The number of nitrogens with zero attached hydrogens (tertiary/aromatic N) is 2. The number of carboxylic acids is 1. The second-order valence-corrected chi connectivity index (χ2v) is 3.04. The van der Waals surface area contributed by atoms with E-state index < -0.39 is 17.9 Å². The summed E-state index contributed by atoms with van der Waals surface area (Å²) in [5, 5.41) is 15.8. The predicted octanol–water partition coefficient (Wildman–Crippen LogP) is -0.109. The first kappa shape index (κ1) is 12.6. The van der Waals surface area contributed by atoms with Gasteiger partial charge in [0, 0.05) is 6.42 Å². The maximum absolute atomic E-state index is 11.2. The van der Waals surface area contributed by atoms with E-state index in [1.165, 1.54) is 0 Å². The highest BCUT2D eigenvalue weighted by Crippen LogP contribution is 2.01. The summed E-state index contributed by atoms with van der Waals surface area (Å²) >= 11 is 0. The van der Waals surface area contributed by atoms with Crippen LogP contribution in [0.15, 0.2) is 4.52 Å². The molecule has 1 rings (SSSR count). The summed E-state index contributed by atoms with van der Waals surface area (Å²) in [6.45, 7) is 1.56. The Labute approximate surface area is 95.2 Å². The van der Waals surface area contributed by atoms with Gasteiger partial charge in [-0.3, -0.25) is 20.2 Å². The van der Waals surface area contributed by atoms with E-state index in [1.807, 2.05) is 5.32 Å². The molecule has 3 N–H and O–H groups in total. The Hall–Kier alpha value is -2.45. The number of imide groups is 1. The van der Waals surface area contributed by atoms with Gasteiger partial charge in [-0.25, -0.2) is 4.79 Å². The van der Waals surface area contributed by atoms with Gasteiger partial charge in [0.15, 0.2) is 5.82 Å². The molecule has 0 unspecified atom stereocenters. The van der Waals surface area contributed by atoms with Gasteiger partial charge >= 0.3 is 18.0 Å². The molecule has 0 saturated carbocycles. The molecule has 1 aromatic heterocycles. The normalized spacial score (nSPS) is 9.71. The fourth-order valence-electron chi connectivity index (χ4n) is 0.886. The number of carboxylic acid groups (broad SMARTS) is 1. The number of aromatic nitrogens is 2. The van der Waals surface area contributed by atoms with E-state index in [1.54, 1.807) is 6.92 Å². The number of urea groups is 1. The van der Waals surface area contributed by atoms with Crippen molar-refractivity contribution in [3.63, 3.8) is 0 Å². The van der Waals surface area contributed by atoms with Crippen LogP contribution in [0.5, 0.6) is 0 Å². The summed E-state index contributed by atoms with van der Waals surface area (Å²) in [6.07, 6.45) is -0.635. The third-order valence-corrected chi connectivity index (χ3v) is 1.57. The van der Waals surface area contributed by atoms with E-state index in [0.717, 1.165) is 0 Å². The minimum Gasteiger partial charge on any atom is -0.481 e. The van der Waals surface area contributed by atoms with Crippen LogP contribution in [0.2, 0.25) is 0 Å². The number of aryl methyl sites for hydroxylation is 1. The molecule has 9 heteroatoms. The topological polar surface area (TPSA) is 134 Å². The molecular formula is C8H10N4O5. The molecule has 0 fully saturated rings. The van der Waals surface area contributed by atoms with Gasteiger partial charge in [-0.15, -0.1) is 0 Å². The zero-order valence-corrected chi connectivity index (χ0v) is 8.89. The van der Waals surface area contributed by atoms with E-state index in [4.69, 9.17) is 5.11 Å². The lowest BCUT2D eigenvalue weighted by Crippen LogP contribution is -2.34. The molecule has 0 aliphatic carbocycles. The van der Waals surface area contributed by atoms with Crippen LogP contribution in [0.3, 0.4) is 0 Å². The summed E-state index contributed by atoms with van der Waals surface area (Å²) in [4.78, 5) is 36.1. The monoisotopic (exact) mass is 242 g/mol. The Balaban J connectivity index is 2.34. The summed E-state index contributed by atoms with van der Waals surface area (Å²) in [5.41, 5.74) is 0. The summed E-state index contributed by atoms with van der Waals surface area (Å²) in [5.74, 6) is -1.49. The molecule has 0 aliphatic rings. The summed E-state index contributed by atoms with van der Waals surface area (Å²) in [7, 11) is 0. The van der Waals surface area contributed by atoms with E-state index in [0.29, 0.717) is 5.82 Å². The standard InChI is InChI=1S/C8H10N4O5/c1-4-9-8(17-12-4)11-7(16)10-5(13)2-3-6(14)15/h2-3H2,1H3,(H,14,15)(H2,9,10,11,12,13,16). The number of hydrogen-bond acceptors (Lipinski definition) is 6. The van der Waals surface area contributed by atoms with Crippen LogP contribution in [-0.2, 0) is 9.59 Å². The zero-order valence-electron chi connectivity index (χ0n) is 8.89. The van der Waals surface area contributed by atoms with Crippen molar-refractivity contribution in [2.75, 3.05) is 5.32 Å². The minimum absolute atomic E-state index is 0.147. The average molecular weight is 242 g/mol.